The summed E-state index contributed by atoms with van der Waals surface area (Å²) in [4.78, 5) is 48.4. The van der Waals surface area contributed by atoms with Gasteiger partial charge in [-0.1, -0.05) is 53.5 Å². The van der Waals surface area contributed by atoms with Gasteiger partial charge in [0, 0.05) is 49.9 Å². The van der Waals surface area contributed by atoms with Crippen molar-refractivity contribution in [3.8, 4) is 5.69 Å². The fourth-order valence-corrected chi connectivity index (χ4v) is 6.93. The van der Waals surface area contributed by atoms with Crippen LogP contribution < -0.4 is 5.56 Å². The predicted molar refractivity (Wildman–Crippen MR) is 181 cm³/mol. The largest absolute Gasteiger partial charge is 0.444 e. The number of benzene rings is 2. The van der Waals surface area contributed by atoms with Gasteiger partial charge in [0.05, 0.1) is 27.6 Å². The molecule has 2 aromatic carbocycles. The minimum Gasteiger partial charge on any atom is -0.444 e. The van der Waals surface area contributed by atoms with E-state index in [0.29, 0.717) is 66.5 Å². The van der Waals surface area contributed by atoms with Crippen molar-refractivity contribution in [1.29, 1.82) is 0 Å². The predicted octanol–water partition coefficient (Wildman–Crippen LogP) is 5.89. The van der Waals surface area contributed by atoms with Gasteiger partial charge in [0.2, 0.25) is 5.91 Å². The standard InChI is InChI=1S/C35H39Cl2N5O5/c1-34(2,3)47-33(45)40-15-11-25(27(20-40)23-7-5-4-6-8-23)31(43)39-17-13-35(46,14-18-39)21-41-22-38-30-26(32(41)44)12-16-42(30)24-9-10-28(36)29(37)19-24/h4-10,12,16,19,22,25,27,46H,11,13-15,17-18,20-21H2,1-3H3/t25-,27+/m1/s1. The van der Waals surface area contributed by atoms with Crippen LogP contribution in [0.2, 0.25) is 10.0 Å². The van der Waals surface area contributed by atoms with Crippen molar-refractivity contribution >= 4 is 46.2 Å². The van der Waals surface area contributed by atoms with Crippen LogP contribution in [0.4, 0.5) is 4.79 Å². The van der Waals surface area contributed by atoms with Crippen molar-refractivity contribution in [3.05, 3.63) is 93.1 Å². The number of piperidine rings is 2. The molecule has 1 N–H and O–H groups in total. The van der Waals surface area contributed by atoms with E-state index in [1.165, 1.54) is 10.9 Å². The number of ether oxygens (including phenoxy) is 1. The summed E-state index contributed by atoms with van der Waals surface area (Å²) in [5.41, 5.74) is 0.149. The van der Waals surface area contributed by atoms with E-state index in [1.807, 2.05) is 56.0 Å². The van der Waals surface area contributed by atoms with Crippen LogP contribution in [-0.4, -0.2) is 78.4 Å². The second-order valence-electron chi connectivity index (χ2n) is 13.6. The van der Waals surface area contributed by atoms with Crippen molar-refractivity contribution in [2.75, 3.05) is 26.2 Å². The first-order valence-electron chi connectivity index (χ1n) is 15.9. The molecule has 0 saturated carbocycles. The molecule has 2 aliphatic heterocycles. The lowest BCUT2D eigenvalue weighted by Crippen LogP contribution is -2.53. The molecule has 12 heteroatoms. The molecule has 10 nitrogen and oxygen atoms in total. The van der Waals surface area contributed by atoms with E-state index in [-0.39, 0.29) is 35.9 Å². The van der Waals surface area contributed by atoms with Gasteiger partial charge in [0.1, 0.15) is 11.9 Å². The van der Waals surface area contributed by atoms with Gasteiger partial charge < -0.3 is 24.2 Å². The second-order valence-corrected chi connectivity index (χ2v) is 14.4. The fourth-order valence-electron chi connectivity index (χ4n) is 6.64. The van der Waals surface area contributed by atoms with E-state index in [1.54, 1.807) is 39.9 Å². The fraction of sp³-hybridized carbons (Fsp3) is 0.429. The molecule has 0 aliphatic carbocycles. The number of halogens is 2. The summed E-state index contributed by atoms with van der Waals surface area (Å²) in [6, 6.07) is 16.7. The van der Waals surface area contributed by atoms with Gasteiger partial charge in [-0.2, -0.15) is 0 Å². The van der Waals surface area contributed by atoms with Crippen LogP contribution in [0.1, 0.15) is 51.5 Å². The number of nitrogens with zero attached hydrogens (tertiary/aromatic N) is 5. The van der Waals surface area contributed by atoms with Crippen LogP contribution >= 0.6 is 23.2 Å². The maximum absolute atomic E-state index is 14.0. The lowest BCUT2D eigenvalue weighted by molar-refractivity contribution is -0.142. The number of rotatable bonds is 5. The van der Waals surface area contributed by atoms with Crippen molar-refractivity contribution in [3.63, 3.8) is 0 Å². The molecule has 2 aliphatic rings. The van der Waals surface area contributed by atoms with Gasteiger partial charge >= 0.3 is 6.09 Å². The number of carbonyl (C=O) groups is 2. The molecule has 47 heavy (non-hydrogen) atoms. The Hall–Kier alpha value is -3.86. The average Bonchev–Trinajstić information content (AvgIpc) is 3.48. The average molecular weight is 681 g/mol. The third kappa shape index (κ3) is 7.05. The summed E-state index contributed by atoms with van der Waals surface area (Å²) >= 11 is 12.3. The Bertz CT molecular complexity index is 1840. The van der Waals surface area contributed by atoms with Crippen molar-refractivity contribution < 1.29 is 19.4 Å². The summed E-state index contributed by atoms with van der Waals surface area (Å²) in [6.07, 6.45) is 3.99. The summed E-state index contributed by atoms with van der Waals surface area (Å²) in [7, 11) is 0. The number of hydrogen-bond donors (Lipinski definition) is 1. The number of aromatic nitrogens is 3. The van der Waals surface area contributed by atoms with Crippen molar-refractivity contribution in [2.24, 2.45) is 5.92 Å². The van der Waals surface area contributed by atoms with E-state index in [4.69, 9.17) is 27.9 Å². The highest BCUT2D eigenvalue weighted by molar-refractivity contribution is 6.42. The Balaban J connectivity index is 1.14. The highest BCUT2D eigenvalue weighted by Gasteiger charge is 2.42. The highest BCUT2D eigenvalue weighted by Crippen LogP contribution is 2.36. The number of fused-ring (bicyclic) bond motifs is 1. The van der Waals surface area contributed by atoms with Crippen LogP contribution in [0.3, 0.4) is 0 Å². The Morgan fingerprint density at radius 1 is 1.00 bits per heavy atom. The molecule has 0 bridgehead atoms. The molecule has 248 valence electrons. The summed E-state index contributed by atoms with van der Waals surface area (Å²) in [5.74, 6) is -0.469. The summed E-state index contributed by atoms with van der Waals surface area (Å²) in [5, 5.41) is 12.8. The molecular weight excluding hydrogens is 641 g/mol. The molecule has 0 unspecified atom stereocenters. The molecule has 2 saturated heterocycles. The SMILES string of the molecule is CC(C)(C)OC(=O)N1CC[C@@H](C(=O)N2CCC(O)(Cn3cnc4c(ccn4-c4ccc(Cl)c(Cl)c4)c3=O)CC2)[C@H](c2ccccc2)C1. The number of aliphatic hydroxyl groups is 1. The number of hydrogen-bond acceptors (Lipinski definition) is 6. The highest BCUT2D eigenvalue weighted by atomic mass is 35.5. The van der Waals surface area contributed by atoms with Crippen molar-refractivity contribution in [1.82, 2.24) is 23.9 Å². The molecule has 2 fully saturated rings. The normalized spacial score (nSPS) is 20.0. The van der Waals surface area contributed by atoms with E-state index in [9.17, 15) is 19.5 Å². The maximum atomic E-state index is 14.0. The molecular formula is C35H39Cl2N5O5. The van der Waals surface area contributed by atoms with Crippen LogP contribution in [0.5, 0.6) is 0 Å². The van der Waals surface area contributed by atoms with Gasteiger partial charge in [0.15, 0.2) is 5.65 Å². The number of amides is 2. The van der Waals surface area contributed by atoms with Crippen LogP contribution in [-0.2, 0) is 16.1 Å². The van der Waals surface area contributed by atoms with Crippen LogP contribution in [0.25, 0.3) is 16.7 Å². The van der Waals surface area contributed by atoms with Crippen LogP contribution in [0, 0.1) is 5.92 Å². The first-order chi connectivity index (χ1) is 22.3. The van der Waals surface area contributed by atoms with Crippen molar-refractivity contribution in [2.45, 2.75) is 63.7 Å². The number of likely N-dealkylation sites (tertiary alicyclic amines) is 2. The molecule has 2 atom stereocenters. The molecule has 6 rings (SSSR count). The van der Waals surface area contributed by atoms with Gasteiger partial charge in [0.25, 0.3) is 5.56 Å². The summed E-state index contributed by atoms with van der Waals surface area (Å²) in [6.45, 7) is 7.13. The Labute approximate surface area is 283 Å². The first kappa shape index (κ1) is 33.1. The zero-order valence-corrected chi connectivity index (χ0v) is 28.2. The zero-order chi connectivity index (χ0) is 33.5. The second kappa shape index (κ2) is 13.0. The Morgan fingerprint density at radius 2 is 1.72 bits per heavy atom. The quantitative estimate of drug-likeness (QED) is 0.282. The minimum atomic E-state index is -1.18. The van der Waals surface area contributed by atoms with Gasteiger partial charge in [-0.05, 0) is 69.9 Å². The molecule has 2 aromatic heterocycles. The number of carbonyl (C=O) groups excluding carboxylic acids is 2. The molecule has 4 aromatic rings. The lowest BCUT2D eigenvalue weighted by atomic mass is 9.79. The van der Waals surface area contributed by atoms with Gasteiger partial charge in [-0.3, -0.25) is 14.2 Å². The van der Waals surface area contributed by atoms with Gasteiger partial charge in [-0.15, -0.1) is 0 Å². The lowest BCUT2D eigenvalue weighted by Gasteiger charge is -2.43. The summed E-state index contributed by atoms with van der Waals surface area (Å²) < 4.78 is 8.84. The third-order valence-corrected chi connectivity index (χ3v) is 9.87. The Morgan fingerprint density at radius 3 is 2.40 bits per heavy atom. The first-order valence-corrected chi connectivity index (χ1v) is 16.6. The molecule has 0 radical (unpaired) electrons. The third-order valence-electron chi connectivity index (χ3n) is 9.13. The smallest absolute Gasteiger partial charge is 0.410 e. The topological polar surface area (TPSA) is 110 Å². The van der Waals surface area contributed by atoms with E-state index < -0.39 is 11.2 Å². The zero-order valence-electron chi connectivity index (χ0n) is 26.7. The molecule has 0 spiro atoms. The van der Waals surface area contributed by atoms with Gasteiger partial charge in [-0.25, -0.2) is 9.78 Å². The maximum Gasteiger partial charge on any atom is 0.410 e. The van der Waals surface area contributed by atoms with Crippen LogP contribution in [0.15, 0.2) is 71.9 Å². The van der Waals surface area contributed by atoms with E-state index in [0.717, 1.165) is 11.3 Å². The molecule has 2 amide bonds. The van der Waals surface area contributed by atoms with E-state index in [2.05, 4.69) is 4.98 Å². The Kier molecular flexibility index (Phi) is 9.13. The monoisotopic (exact) mass is 679 g/mol. The minimum absolute atomic E-state index is 0.0219. The molecule has 4 heterocycles. The van der Waals surface area contributed by atoms with E-state index >= 15 is 0 Å².